The smallest absolute Gasteiger partial charge is 0.0770 e. The topological polar surface area (TPSA) is 50.9 Å². The van der Waals surface area contributed by atoms with Gasteiger partial charge in [0, 0.05) is 11.1 Å². The maximum absolute atomic E-state index is 6.21. The zero-order valence-electron chi connectivity index (χ0n) is 10.2. The second kappa shape index (κ2) is 4.51. The molecule has 0 aliphatic rings. The molecule has 0 radical (unpaired) electrons. The zero-order valence-corrected chi connectivity index (χ0v) is 11.0. The molecule has 1 heterocycles. The highest BCUT2D eigenvalue weighted by Crippen LogP contribution is 2.33. The van der Waals surface area contributed by atoms with Gasteiger partial charge in [-0.2, -0.15) is 0 Å². The number of nitrogen functional groups attached to an aromatic ring is 1. The summed E-state index contributed by atoms with van der Waals surface area (Å²) in [7, 11) is 0. The molecule has 1 aromatic carbocycles. The summed E-state index contributed by atoms with van der Waals surface area (Å²) in [5, 5.41) is 1.56. The van der Waals surface area contributed by atoms with Crippen molar-refractivity contribution in [2.75, 3.05) is 5.43 Å². The fraction of sp³-hybridized carbons (Fsp3) is 0.308. The highest BCUT2D eigenvalue weighted by atomic mass is 35.5. The Kier molecular flexibility index (Phi) is 3.22. The van der Waals surface area contributed by atoms with Crippen LogP contribution in [-0.2, 0) is 0 Å². The van der Waals surface area contributed by atoms with Gasteiger partial charge in [0.1, 0.15) is 0 Å². The Labute approximate surface area is 106 Å². The minimum Gasteiger partial charge on any atom is -0.323 e. The Bertz CT molecular complexity index is 564. The molecule has 0 spiro atoms. The number of aromatic nitrogens is 1. The van der Waals surface area contributed by atoms with Crippen LogP contribution in [0.5, 0.6) is 0 Å². The number of hydrogen-bond donors (Lipinski definition) is 2. The summed E-state index contributed by atoms with van der Waals surface area (Å²) >= 11 is 6.21. The predicted molar refractivity (Wildman–Crippen MR) is 73.4 cm³/mol. The third-order valence-corrected chi connectivity index (χ3v) is 3.19. The number of nitrogens with one attached hydrogen (secondary N) is 1. The Morgan fingerprint density at radius 3 is 2.65 bits per heavy atom. The third-order valence-electron chi connectivity index (χ3n) is 2.88. The van der Waals surface area contributed by atoms with Crippen molar-refractivity contribution in [3.63, 3.8) is 0 Å². The van der Waals surface area contributed by atoms with E-state index >= 15 is 0 Å². The van der Waals surface area contributed by atoms with Crippen LogP contribution in [-0.4, -0.2) is 4.98 Å². The van der Waals surface area contributed by atoms with Crippen LogP contribution in [0, 0.1) is 6.92 Å². The second-order valence-electron chi connectivity index (χ2n) is 4.48. The molecule has 2 aromatic rings. The lowest BCUT2D eigenvalue weighted by molar-refractivity contribution is 0.830. The highest BCUT2D eigenvalue weighted by molar-refractivity contribution is 6.36. The summed E-state index contributed by atoms with van der Waals surface area (Å²) in [6, 6.07) is 5.80. The largest absolute Gasteiger partial charge is 0.323 e. The summed E-state index contributed by atoms with van der Waals surface area (Å²) in [5.41, 5.74) is 6.56. The van der Waals surface area contributed by atoms with E-state index < -0.39 is 0 Å². The van der Waals surface area contributed by atoms with E-state index in [1.165, 1.54) is 0 Å². The van der Waals surface area contributed by atoms with Crippen molar-refractivity contribution in [2.45, 2.75) is 26.7 Å². The molecule has 0 saturated heterocycles. The lowest BCUT2D eigenvalue weighted by Gasteiger charge is -2.13. The first-order valence-electron chi connectivity index (χ1n) is 5.61. The number of halogens is 1. The molecule has 0 unspecified atom stereocenters. The molecular weight excluding hydrogens is 234 g/mol. The number of hydrazine groups is 1. The summed E-state index contributed by atoms with van der Waals surface area (Å²) in [6.07, 6.45) is 0. The van der Waals surface area contributed by atoms with Gasteiger partial charge in [-0.3, -0.25) is 10.8 Å². The average molecular weight is 250 g/mol. The first-order chi connectivity index (χ1) is 8.04. The van der Waals surface area contributed by atoms with Crippen molar-refractivity contribution in [1.29, 1.82) is 0 Å². The normalized spacial score (nSPS) is 11.2. The van der Waals surface area contributed by atoms with Crippen molar-refractivity contribution in [2.24, 2.45) is 5.84 Å². The lowest BCUT2D eigenvalue weighted by Crippen LogP contribution is -2.09. The Balaban J connectivity index is 2.87. The lowest BCUT2D eigenvalue weighted by atomic mass is 10.0. The van der Waals surface area contributed by atoms with Crippen LogP contribution in [0.3, 0.4) is 0 Å². The second-order valence-corrected chi connectivity index (χ2v) is 4.89. The van der Waals surface area contributed by atoms with Crippen LogP contribution in [0.4, 0.5) is 5.69 Å². The van der Waals surface area contributed by atoms with Gasteiger partial charge in [0.15, 0.2) is 0 Å². The minimum atomic E-state index is 0.352. The van der Waals surface area contributed by atoms with Crippen molar-refractivity contribution in [3.8, 4) is 0 Å². The fourth-order valence-corrected chi connectivity index (χ4v) is 2.12. The standard InChI is InChI=1S/C13H16ClN3/c1-7(2)10-6-11(17-15)12-9(14)5-4-8(3)13(12)16-10/h4-7H,15H2,1-3H3,(H,16,17). The zero-order chi connectivity index (χ0) is 12.6. The monoisotopic (exact) mass is 249 g/mol. The highest BCUT2D eigenvalue weighted by Gasteiger charge is 2.12. The van der Waals surface area contributed by atoms with E-state index in [0.29, 0.717) is 10.9 Å². The number of rotatable bonds is 2. The Hall–Kier alpha value is -1.32. The van der Waals surface area contributed by atoms with Gasteiger partial charge in [-0.1, -0.05) is 31.5 Å². The number of aryl methyl sites for hydroxylation is 1. The van der Waals surface area contributed by atoms with E-state index in [9.17, 15) is 0 Å². The molecular formula is C13H16ClN3. The number of hydrogen-bond acceptors (Lipinski definition) is 3. The molecule has 3 N–H and O–H groups in total. The molecule has 0 bridgehead atoms. The fourth-order valence-electron chi connectivity index (χ4n) is 1.86. The maximum Gasteiger partial charge on any atom is 0.0770 e. The number of fused-ring (bicyclic) bond motifs is 1. The Morgan fingerprint density at radius 1 is 1.35 bits per heavy atom. The van der Waals surface area contributed by atoms with E-state index in [-0.39, 0.29) is 0 Å². The molecule has 90 valence electrons. The molecule has 2 rings (SSSR count). The SMILES string of the molecule is Cc1ccc(Cl)c2c(NN)cc(C(C)C)nc12. The van der Waals surface area contributed by atoms with E-state index in [4.69, 9.17) is 17.4 Å². The molecule has 0 aliphatic carbocycles. The Morgan fingerprint density at radius 2 is 2.06 bits per heavy atom. The van der Waals surface area contributed by atoms with Crippen LogP contribution < -0.4 is 11.3 Å². The molecule has 17 heavy (non-hydrogen) atoms. The summed E-state index contributed by atoms with van der Waals surface area (Å²) < 4.78 is 0. The van der Waals surface area contributed by atoms with Gasteiger partial charge in [0.25, 0.3) is 0 Å². The molecule has 0 fully saturated rings. The first-order valence-corrected chi connectivity index (χ1v) is 5.98. The number of benzene rings is 1. The van der Waals surface area contributed by atoms with Crippen molar-refractivity contribution in [1.82, 2.24) is 4.98 Å². The number of anilines is 1. The average Bonchev–Trinajstić information content (AvgIpc) is 2.32. The summed E-state index contributed by atoms with van der Waals surface area (Å²) in [4.78, 5) is 4.66. The van der Waals surface area contributed by atoms with Gasteiger partial charge < -0.3 is 5.43 Å². The van der Waals surface area contributed by atoms with E-state index in [0.717, 1.165) is 27.8 Å². The summed E-state index contributed by atoms with van der Waals surface area (Å²) in [6.45, 7) is 6.23. The van der Waals surface area contributed by atoms with Gasteiger partial charge in [-0.05, 0) is 30.5 Å². The van der Waals surface area contributed by atoms with Crippen molar-refractivity contribution in [3.05, 3.63) is 34.5 Å². The molecule has 0 atom stereocenters. The molecule has 4 heteroatoms. The molecule has 0 aliphatic heterocycles. The third kappa shape index (κ3) is 2.08. The number of nitrogens with two attached hydrogens (primary N) is 1. The number of nitrogens with zero attached hydrogens (tertiary/aromatic N) is 1. The van der Waals surface area contributed by atoms with Crippen molar-refractivity contribution < 1.29 is 0 Å². The first kappa shape index (κ1) is 12.1. The van der Waals surface area contributed by atoms with Gasteiger partial charge in [-0.25, -0.2) is 0 Å². The van der Waals surface area contributed by atoms with Gasteiger partial charge in [0.2, 0.25) is 0 Å². The maximum atomic E-state index is 6.21. The van der Waals surface area contributed by atoms with Crippen LogP contribution >= 0.6 is 11.6 Å². The van der Waals surface area contributed by atoms with Gasteiger partial charge >= 0.3 is 0 Å². The molecule has 0 saturated carbocycles. The number of pyridine rings is 1. The van der Waals surface area contributed by atoms with Gasteiger partial charge in [0.05, 0.1) is 16.2 Å². The predicted octanol–water partition coefficient (Wildman–Crippen LogP) is 3.61. The van der Waals surface area contributed by atoms with Crippen molar-refractivity contribution >= 4 is 28.2 Å². The quantitative estimate of drug-likeness (QED) is 0.632. The van der Waals surface area contributed by atoms with Gasteiger partial charge in [-0.15, -0.1) is 0 Å². The van der Waals surface area contributed by atoms with E-state index in [1.807, 2.05) is 25.1 Å². The summed E-state index contributed by atoms with van der Waals surface area (Å²) in [5.74, 6) is 5.92. The van der Waals surface area contributed by atoms with E-state index in [1.54, 1.807) is 0 Å². The van der Waals surface area contributed by atoms with Crippen LogP contribution in [0.2, 0.25) is 5.02 Å². The van der Waals surface area contributed by atoms with Crippen LogP contribution in [0.15, 0.2) is 18.2 Å². The molecule has 0 amide bonds. The molecule has 1 aromatic heterocycles. The minimum absolute atomic E-state index is 0.352. The van der Waals surface area contributed by atoms with Crippen LogP contribution in [0.25, 0.3) is 10.9 Å². The van der Waals surface area contributed by atoms with Crippen LogP contribution in [0.1, 0.15) is 31.0 Å². The van der Waals surface area contributed by atoms with E-state index in [2.05, 4.69) is 24.3 Å². The molecule has 3 nitrogen and oxygen atoms in total.